The average molecular weight is 522 g/mol. The third-order valence-electron chi connectivity index (χ3n) is 5.50. The fraction of sp³-hybridized carbons (Fsp3) is 0.643. The van der Waals surface area contributed by atoms with Crippen molar-refractivity contribution in [3.05, 3.63) is 23.8 Å². The highest BCUT2D eigenvalue weighted by Crippen LogP contribution is 2.30. The van der Waals surface area contributed by atoms with Gasteiger partial charge in [0.05, 0.1) is 7.11 Å². The van der Waals surface area contributed by atoms with Gasteiger partial charge in [0.15, 0.2) is 11.5 Å². The van der Waals surface area contributed by atoms with Crippen molar-refractivity contribution in [2.75, 3.05) is 20.3 Å². The minimum atomic E-state index is -0.730. The lowest BCUT2D eigenvalue weighted by molar-refractivity contribution is -0.145. The maximum atomic E-state index is 12.4. The minimum absolute atomic E-state index is 0.0924. The molecule has 0 spiro atoms. The Morgan fingerprint density at radius 3 is 1.97 bits per heavy atom. The lowest BCUT2D eigenvalue weighted by Crippen LogP contribution is -2.41. The molecular weight excluding hydrogens is 478 g/mol. The summed E-state index contributed by atoms with van der Waals surface area (Å²) in [4.78, 5) is 48.8. The number of rotatable bonds is 16. The van der Waals surface area contributed by atoms with Gasteiger partial charge in [0.1, 0.15) is 12.6 Å². The van der Waals surface area contributed by atoms with Crippen LogP contribution in [0.2, 0.25) is 0 Å². The fourth-order valence-corrected chi connectivity index (χ4v) is 3.34. The molecule has 0 radical (unpaired) electrons. The number of carbonyl (C=O) groups excluding carboxylic acids is 4. The Hall–Kier alpha value is -2.94. The van der Waals surface area contributed by atoms with E-state index in [1.807, 2.05) is 41.5 Å². The third-order valence-corrected chi connectivity index (χ3v) is 5.50. The molecule has 0 aromatic heterocycles. The fourth-order valence-electron chi connectivity index (χ4n) is 3.34. The van der Waals surface area contributed by atoms with E-state index in [4.69, 9.17) is 18.9 Å². The van der Waals surface area contributed by atoms with E-state index in [-0.39, 0.29) is 67.6 Å². The van der Waals surface area contributed by atoms with Crippen LogP contribution < -0.4 is 14.8 Å². The van der Waals surface area contributed by atoms with Crippen molar-refractivity contribution in [3.63, 3.8) is 0 Å². The molecule has 0 amide bonds. The molecule has 1 unspecified atom stereocenters. The van der Waals surface area contributed by atoms with Gasteiger partial charge in [-0.3, -0.25) is 19.2 Å². The number of ether oxygens (including phenoxy) is 4. The molecular formula is C28H43NO8. The first-order valence-electron chi connectivity index (χ1n) is 13.0. The number of methoxy groups -OCH3 is 1. The Labute approximate surface area is 220 Å². The van der Waals surface area contributed by atoms with Gasteiger partial charge in [0.2, 0.25) is 0 Å². The SMILES string of the molecule is CCC(C)CC(=O)OCCN[C@@H](Cc1ccc(OC(=O)CC(C)C)c(OC(=O)CC(C)C)c1)C(=O)OC. The summed E-state index contributed by atoms with van der Waals surface area (Å²) in [5, 5.41) is 3.05. The standard InChI is InChI=1S/C28H43NO8/c1-8-20(6)15-25(30)35-12-11-29-22(28(33)34-7)16-21-9-10-23(36-26(31)13-18(2)3)24(17-21)37-27(32)14-19(4)5/h9-10,17-20,22,29H,8,11-16H2,1-7H3/t20?,22-/m0/s1. The lowest BCUT2D eigenvalue weighted by atomic mass is 10.0. The van der Waals surface area contributed by atoms with Crippen LogP contribution >= 0.6 is 0 Å². The van der Waals surface area contributed by atoms with E-state index in [1.165, 1.54) is 7.11 Å². The smallest absolute Gasteiger partial charge is 0.323 e. The van der Waals surface area contributed by atoms with Crippen molar-refractivity contribution >= 4 is 23.9 Å². The summed E-state index contributed by atoms with van der Waals surface area (Å²) < 4.78 is 21.1. The molecule has 37 heavy (non-hydrogen) atoms. The number of benzene rings is 1. The molecule has 208 valence electrons. The lowest BCUT2D eigenvalue weighted by Gasteiger charge is -2.18. The predicted molar refractivity (Wildman–Crippen MR) is 139 cm³/mol. The number of hydrogen-bond acceptors (Lipinski definition) is 9. The van der Waals surface area contributed by atoms with Gasteiger partial charge in [-0.2, -0.15) is 0 Å². The van der Waals surface area contributed by atoms with E-state index in [0.29, 0.717) is 12.0 Å². The van der Waals surface area contributed by atoms with Crippen LogP contribution in [0, 0.1) is 17.8 Å². The predicted octanol–water partition coefficient (Wildman–Crippen LogP) is 4.24. The molecule has 2 atom stereocenters. The van der Waals surface area contributed by atoms with Crippen LogP contribution in [-0.4, -0.2) is 50.2 Å². The Morgan fingerprint density at radius 2 is 1.43 bits per heavy atom. The van der Waals surface area contributed by atoms with Crippen molar-refractivity contribution in [2.45, 2.75) is 79.7 Å². The van der Waals surface area contributed by atoms with Crippen molar-refractivity contribution in [2.24, 2.45) is 17.8 Å². The monoisotopic (exact) mass is 521 g/mol. The van der Waals surface area contributed by atoms with Crippen molar-refractivity contribution in [1.82, 2.24) is 5.32 Å². The van der Waals surface area contributed by atoms with Crippen molar-refractivity contribution < 1.29 is 38.1 Å². The highest BCUT2D eigenvalue weighted by Gasteiger charge is 2.22. The molecule has 0 fully saturated rings. The van der Waals surface area contributed by atoms with Crippen LogP contribution in [0.1, 0.15) is 72.8 Å². The van der Waals surface area contributed by atoms with Gasteiger partial charge in [-0.1, -0.05) is 54.0 Å². The van der Waals surface area contributed by atoms with Crippen LogP contribution in [0.25, 0.3) is 0 Å². The van der Waals surface area contributed by atoms with Gasteiger partial charge in [-0.05, 0) is 41.9 Å². The van der Waals surface area contributed by atoms with Gasteiger partial charge in [0, 0.05) is 25.8 Å². The second-order valence-corrected chi connectivity index (χ2v) is 10.1. The summed E-state index contributed by atoms with van der Waals surface area (Å²) in [6.45, 7) is 12.0. The molecule has 0 saturated carbocycles. The summed E-state index contributed by atoms with van der Waals surface area (Å²) in [6, 6.07) is 4.10. The van der Waals surface area contributed by atoms with Crippen molar-refractivity contribution in [1.29, 1.82) is 0 Å². The van der Waals surface area contributed by atoms with Gasteiger partial charge in [0.25, 0.3) is 0 Å². The quantitative estimate of drug-likeness (QED) is 0.194. The first-order valence-corrected chi connectivity index (χ1v) is 13.0. The van der Waals surface area contributed by atoms with Crippen LogP contribution in [0.4, 0.5) is 0 Å². The van der Waals surface area contributed by atoms with Gasteiger partial charge >= 0.3 is 23.9 Å². The summed E-state index contributed by atoms with van der Waals surface area (Å²) in [7, 11) is 1.29. The zero-order valence-corrected chi connectivity index (χ0v) is 23.3. The molecule has 0 bridgehead atoms. The van der Waals surface area contributed by atoms with Crippen LogP contribution in [0.5, 0.6) is 11.5 Å². The van der Waals surface area contributed by atoms with E-state index in [2.05, 4.69) is 5.32 Å². The molecule has 0 aliphatic heterocycles. The number of hydrogen-bond donors (Lipinski definition) is 1. The molecule has 1 aromatic rings. The Balaban J connectivity index is 2.96. The maximum absolute atomic E-state index is 12.4. The molecule has 1 aromatic carbocycles. The molecule has 9 nitrogen and oxygen atoms in total. The molecule has 9 heteroatoms. The molecule has 0 aliphatic rings. The number of nitrogens with one attached hydrogen (secondary N) is 1. The maximum Gasteiger partial charge on any atom is 0.323 e. The third kappa shape index (κ3) is 13.3. The molecule has 1 rings (SSSR count). The van der Waals surface area contributed by atoms with E-state index in [9.17, 15) is 19.2 Å². The highest BCUT2D eigenvalue weighted by atomic mass is 16.6. The summed E-state index contributed by atoms with van der Waals surface area (Å²) in [6.07, 6.45) is 1.87. The molecule has 1 N–H and O–H groups in total. The highest BCUT2D eigenvalue weighted by molar-refractivity contribution is 5.77. The van der Waals surface area contributed by atoms with E-state index in [1.54, 1.807) is 18.2 Å². The van der Waals surface area contributed by atoms with Gasteiger partial charge in [-0.25, -0.2) is 0 Å². The van der Waals surface area contributed by atoms with E-state index < -0.39 is 23.9 Å². The number of carbonyl (C=O) groups is 4. The van der Waals surface area contributed by atoms with Gasteiger partial charge < -0.3 is 24.3 Å². The average Bonchev–Trinajstić information content (AvgIpc) is 2.80. The summed E-state index contributed by atoms with van der Waals surface area (Å²) >= 11 is 0. The Kier molecular flexibility index (Phi) is 14.5. The van der Waals surface area contributed by atoms with E-state index >= 15 is 0 Å². The first-order chi connectivity index (χ1) is 17.4. The molecule has 0 saturated heterocycles. The minimum Gasteiger partial charge on any atom is -0.468 e. The van der Waals surface area contributed by atoms with Crippen LogP contribution in [0.15, 0.2) is 18.2 Å². The van der Waals surface area contributed by atoms with Crippen LogP contribution in [-0.2, 0) is 35.1 Å². The Morgan fingerprint density at radius 1 is 0.838 bits per heavy atom. The van der Waals surface area contributed by atoms with Crippen molar-refractivity contribution in [3.8, 4) is 11.5 Å². The molecule has 0 aliphatic carbocycles. The van der Waals surface area contributed by atoms with Crippen LogP contribution in [0.3, 0.4) is 0 Å². The van der Waals surface area contributed by atoms with E-state index in [0.717, 1.165) is 6.42 Å². The summed E-state index contributed by atoms with van der Waals surface area (Å²) in [5.74, 6) is -0.936. The summed E-state index contributed by atoms with van der Waals surface area (Å²) in [5.41, 5.74) is 0.660. The first kappa shape index (κ1) is 32.1. The van der Waals surface area contributed by atoms with Gasteiger partial charge in [-0.15, -0.1) is 0 Å². The largest absolute Gasteiger partial charge is 0.468 e. The zero-order chi connectivity index (χ0) is 28.0. The normalized spacial score (nSPS) is 12.7. The second kappa shape index (κ2) is 16.7. The Bertz CT molecular complexity index is 896. The number of esters is 4. The molecule has 0 heterocycles. The topological polar surface area (TPSA) is 117 Å². The zero-order valence-electron chi connectivity index (χ0n) is 23.3. The second-order valence-electron chi connectivity index (χ2n) is 10.1.